The number of hydrogen-bond acceptors (Lipinski definition) is 9. The first-order valence-corrected chi connectivity index (χ1v) is 13.2. The van der Waals surface area contributed by atoms with E-state index in [1.54, 1.807) is 66.9 Å². The summed E-state index contributed by atoms with van der Waals surface area (Å²) < 4.78 is 0. The molecule has 1 aromatic heterocycles. The van der Waals surface area contributed by atoms with Gasteiger partial charge in [0, 0.05) is 27.2 Å². The minimum absolute atomic E-state index is 0.0847. The standard InChI is InChI=1S/C27H18Cl2N5O5S/c1-14-19(28)3-2-4-21(14)33-25(36)22(29)23(26(33)37)30-17-9-5-16(6-10-17)24(35)32-27-31-20(13-40-27)15-7-11-18(12-8-15)34(38)39/h2-13,30,38H,1H3,(H,31,32,35)/q-1. The van der Waals surface area contributed by atoms with Crippen LogP contribution in [0.1, 0.15) is 15.9 Å². The molecule has 10 nitrogen and oxygen atoms in total. The van der Waals surface area contributed by atoms with Crippen LogP contribution in [0.5, 0.6) is 0 Å². The number of nitrogens with zero attached hydrogens (tertiary/aromatic N) is 3. The van der Waals surface area contributed by atoms with Crippen LogP contribution in [0, 0.1) is 12.1 Å². The van der Waals surface area contributed by atoms with Gasteiger partial charge in [-0.25, -0.2) is 9.88 Å². The fraction of sp³-hybridized carbons (Fsp3) is 0.0370. The number of amides is 3. The Morgan fingerprint density at radius 2 is 1.73 bits per heavy atom. The van der Waals surface area contributed by atoms with Crippen molar-refractivity contribution in [1.29, 1.82) is 0 Å². The van der Waals surface area contributed by atoms with Gasteiger partial charge in [0.05, 0.1) is 17.1 Å². The van der Waals surface area contributed by atoms with Gasteiger partial charge in [0.2, 0.25) is 0 Å². The molecule has 0 saturated carbocycles. The van der Waals surface area contributed by atoms with Gasteiger partial charge in [0.15, 0.2) is 5.13 Å². The van der Waals surface area contributed by atoms with E-state index in [4.69, 9.17) is 28.4 Å². The maximum Gasteiger partial charge on any atom is 0.283 e. The third kappa shape index (κ3) is 5.28. The van der Waals surface area contributed by atoms with Crippen LogP contribution in [0.3, 0.4) is 0 Å². The molecule has 4 aromatic rings. The fourth-order valence-electron chi connectivity index (χ4n) is 3.91. The van der Waals surface area contributed by atoms with Crippen LogP contribution in [-0.2, 0) is 9.59 Å². The third-order valence-electron chi connectivity index (χ3n) is 6.03. The van der Waals surface area contributed by atoms with Gasteiger partial charge in [0.25, 0.3) is 17.7 Å². The molecule has 0 aliphatic carbocycles. The molecule has 3 aromatic carbocycles. The Kier molecular flexibility index (Phi) is 7.57. The number of carbonyl (C=O) groups excluding carboxylic acids is 3. The monoisotopic (exact) mass is 594 g/mol. The molecular weight excluding hydrogens is 577 g/mol. The number of imide groups is 1. The van der Waals surface area contributed by atoms with E-state index in [0.717, 1.165) is 4.90 Å². The van der Waals surface area contributed by atoms with Gasteiger partial charge in [-0.1, -0.05) is 41.4 Å². The number of nitrogens with one attached hydrogen (secondary N) is 2. The first kappa shape index (κ1) is 27.3. The normalized spacial score (nSPS) is 13.2. The molecule has 1 aliphatic heterocycles. The van der Waals surface area contributed by atoms with Crippen molar-refractivity contribution >= 4 is 74.5 Å². The van der Waals surface area contributed by atoms with Gasteiger partial charge in [-0.05, 0) is 61.0 Å². The summed E-state index contributed by atoms with van der Waals surface area (Å²) in [6.45, 7) is 1.70. The predicted octanol–water partition coefficient (Wildman–Crippen LogP) is 6.15. The van der Waals surface area contributed by atoms with Crippen molar-refractivity contribution in [3.63, 3.8) is 0 Å². The zero-order valence-corrected chi connectivity index (χ0v) is 22.8. The lowest BCUT2D eigenvalue weighted by atomic mass is 10.1. The molecule has 5 rings (SSSR count). The molecule has 3 amide bonds. The van der Waals surface area contributed by atoms with E-state index in [2.05, 4.69) is 15.6 Å². The molecule has 40 heavy (non-hydrogen) atoms. The van der Waals surface area contributed by atoms with Crippen molar-refractivity contribution in [2.75, 3.05) is 20.8 Å². The number of carbonyl (C=O) groups is 3. The lowest BCUT2D eigenvalue weighted by Gasteiger charge is -2.21. The summed E-state index contributed by atoms with van der Waals surface area (Å²) in [5.74, 6) is -1.70. The Balaban J connectivity index is 1.25. The molecule has 1 aliphatic rings. The van der Waals surface area contributed by atoms with E-state index >= 15 is 0 Å². The molecule has 202 valence electrons. The lowest BCUT2D eigenvalue weighted by Crippen LogP contribution is -2.32. The SMILES string of the molecule is Cc1c(Cl)cccc1N1C(=O)C(Cl)=C(Nc2ccc(C(=O)Nc3nc(-c4ccc(N([O-])O)cc4)cs3)cc2)C1=O. The second-order valence-corrected chi connectivity index (χ2v) is 10.2. The molecular formula is C27H18Cl2N5O5S-. The highest BCUT2D eigenvalue weighted by Crippen LogP contribution is 2.34. The maximum absolute atomic E-state index is 13.1. The zero-order valence-electron chi connectivity index (χ0n) is 20.5. The summed E-state index contributed by atoms with van der Waals surface area (Å²) in [5, 5.41) is 27.5. The number of anilines is 4. The van der Waals surface area contributed by atoms with Crippen LogP contribution >= 0.6 is 34.5 Å². The zero-order chi connectivity index (χ0) is 28.6. The quantitative estimate of drug-likeness (QED) is 0.171. The predicted molar refractivity (Wildman–Crippen MR) is 155 cm³/mol. The Morgan fingerprint density at radius 3 is 2.40 bits per heavy atom. The van der Waals surface area contributed by atoms with E-state index in [1.807, 2.05) is 0 Å². The van der Waals surface area contributed by atoms with Gasteiger partial charge >= 0.3 is 0 Å². The van der Waals surface area contributed by atoms with Crippen molar-refractivity contribution in [3.05, 3.63) is 104 Å². The van der Waals surface area contributed by atoms with Gasteiger partial charge in [-0.3, -0.25) is 24.9 Å². The summed E-state index contributed by atoms with van der Waals surface area (Å²) >= 11 is 13.6. The summed E-state index contributed by atoms with van der Waals surface area (Å²) in [7, 11) is 0. The Morgan fingerprint density at radius 1 is 1.02 bits per heavy atom. The summed E-state index contributed by atoms with van der Waals surface area (Å²) in [6, 6.07) is 17.3. The molecule has 2 heterocycles. The maximum atomic E-state index is 13.1. The Hall–Kier alpha value is -4.26. The molecule has 0 spiro atoms. The molecule has 0 fully saturated rings. The molecule has 13 heteroatoms. The van der Waals surface area contributed by atoms with E-state index in [0.29, 0.717) is 43.9 Å². The second-order valence-electron chi connectivity index (χ2n) is 8.53. The molecule has 0 radical (unpaired) electrons. The largest absolute Gasteiger partial charge is 0.733 e. The first-order chi connectivity index (χ1) is 19.1. The smallest absolute Gasteiger partial charge is 0.283 e. The number of halogens is 2. The molecule has 0 saturated heterocycles. The minimum atomic E-state index is -0.671. The Bertz CT molecular complexity index is 1670. The van der Waals surface area contributed by atoms with Gasteiger partial charge in [-0.2, -0.15) is 0 Å². The van der Waals surface area contributed by atoms with E-state index in [1.165, 1.54) is 23.5 Å². The van der Waals surface area contributed by atoms with Crippen LogP contribution in [-0.4, -0.2) is 27.9 Å². The number of rotatable bonds is 7. The van der Waals surface area contributed by atoms with E-state index < -0.39 is 17.7 Å². The van der Waals surface area contributed by atoms with Crippen molar-refractivity contribution in [2.24, 2.45) is 0 Å². The summed E-state index contributed by atoms with van der Waals surface area (Å²) in [4.78, 5) is 44.0. The van der Waals surface area contributed by atoms with Crippen molar-refractivity contribution in [3.8, 4) is 11.3 Å². The van der Waals surface area contributed by atoms with Crippen molar-refractivity contribution in [1.82, 2.24) is 4.98 Å². The van der Waals surface area contributed by atoms with Crippen LogP contribution < -0.4 is 20.8 Å². The average Bonchev–Trinajstić information content (AvgIpc) is 3.49. The summed E-state index contributed by atoms with van der Waals surface area (Å²) in [5.41, 5.74) is 2.96. The number of aromatic nitrogens is 1. The molecule has 3 N–H and O–H groups in total. The Labute approximate surface area is 241 Å². The highest BCUT2D eigenvalue weighted by molar-refractivity contribution is 7.14. The van der Waals surface area contributed by atoms with E-state index in [-0.39, 0.29) is 21.6 Å². The summed E-state index contributed by atoms with van der Waals surface area (Å²) in [6.07, 6.45) is 0. The molecule has 0 unspecified atom stereocenters. The van der Waals surface area contributed by atoms with Crippen molar-refractivity contribution in [2.45, 2.75) is 6.92 Å². The highest BCUT2D eigenvalue weighted by atomic mass is 35.5. The van der Waals surface area contributed by atoms with Crippen LogP contribution in [0.2, 0.25) is 5.02 Å². The number of hydrogen-bond donors (Lipinski definition) is 3. The van der Waals surface area contributed by atoms with Gasteiger partial charge < -0.3 is 15.8 Å². The molecule has 0 bridgehead atoms. The highest BCUT2D eigenvalue weighted by Gasteiger charge is 2.39. The topological polar surface area (TPSA) is 138 Å². The number of thiazole rings is 1. The van der Waals surface area contributed by atoms with Crippen molar-refractivity contribution < 1.29 is 19.6 Å². The minimum Gasteiger partial charge on any atom is -0.733 e. The average molecular weight is 595 g/mol. The van der Waals surface area contributed by atoms with Crippen LogP contribution in [0.4, 0.5) is 22.2 Å². The van der Waals surface area contributed by atoms with Crippen LogP contribution in [0.25, 0.3) is 11.3 Å². The van der Waals surface area contributed by atoms with E-state index in [9.17, 15) is 19.6 Å². The first-order valence-electron chi connectivity index (χ1n) is 11.6. The van der Waals surface area contributed by atoms with Crippen LogP contribution in [0.15, 0.2) is 82.8 Å². The lowest BCUT2D eigenvalue weighted by molar-refractivity contribution is -0.120. The fourth-order valence-corrected chi connectivity index (χ4v) is 5.01. The molecule has 0 atom stereocenters. The third-order valence-corrected chi connectivity index (χ3v) is 7.55. The van der Waals surface area contributed by atoms with Gasteiger partial charge in [-0.15, -0.1) is 11.3 Å². The second kappa shape index (κ2) is 11.1. The number of benzene rings is 3. The van der Waals surface area contributed by atoms with Gasteiger partial charge in [0.1, 0.15) is 10.7 Å².